The van der Waals surface area contributed by atoms with Crippen LogP contribution >= 0.6 is 11.6 Å². The number of aryl methyl sites for hydroxylation is 1. The van der Waals surface area contributed by atoms with Crippen molar-refractivity contribution in [3.05, 3.63) is 95.6 Å². The highest BCUT2D eigenvalue weighted by atomic mass is 35.5. The van der Waals surface area contributed by atoms with Crippen LogP contribution in [0.4, 0.5) is 0 Å². The van der Waals surface area contributed by atoms with Gasteiger partial charge in [0, 0.05) is 27.9 Å². The molecule has 1 heterocycles. The van der Waals surface area contributed by atoms with Gasteiger partial charge in [-0.15, -0.1) is 0 Å². The molecular weight excluding hydrogens is 366 g/mol. The summed E-state index contributed by atoms with van der Waals surface area (Å²) in [5, 5.41) is 0.714. The van der Waals surface area contributed by atoms with Crippen LogP contribution in [0.3, 0.4) is 0 Å². The van der Waals surface area contributed by atoms with Crippen LogP contribution in [-0.4, -0.2) is 12.1 Å². The van der Waals surface area contributed by atoms with Crippen molar-refractivity contribution in [2.24, 2.45) is 0 Å². The van der Waals surface area contributed by atoms with Crippen molar-refractivity contribution in [2.45, 2.75) is 6.92 Å². The Hall–Kier alpha value is -3.10. The minimum absolute atomic E-state index is 0.714. The fourth-order valence-electron chi connectivity index (χ4n) is 3.20. The maximum atomic E-state index is 6.07. The van der Waals surface area contributed by atoms with Crippen molar-refractivity contribution in [1.29, 1.82) is 0 Å². The highest BCUT2D eigenvalue weighted by Gasteiger charge is 2.12. The normalized spacial score (nSPS) is 10.7. The molecule has 2 nitrogen and oxygen atoms in total. The largest absolute Gasteiger partial charge is 0.497 e. The van der Waals surface area contributed by atoms with Gasteiger partial charge in [0.25, 0.3) is 0 Å². The Morgan fingerprint density at radius 1 is 0.714 bits per heavy atom. The molecule has 3 aromatic carbocycles. The first kappa shape index (κ1) is 18.3. The van der Waals surface area contributed by atoms with Gasteiger partial charge in [0.15, 0.2) is 0 Å². The number of pyridine rings is 1. The lowest BCUT2D eigenvalue weighted by atomic mass is 9.95. The second kappa shape index (κ2) is 7.87. The minimum Gasteiger partial charge on any atom is -0.497 e. The Morgan fingerprint density at radius 3 is 1.96 bits per heavy atom. The van der Waals surface area contributed by atoms with E-state index in [4.69, 9.17) is 21.3 Å². The predicted molar refractivity (Wildman–Crippen MR) is 117 cm³/mol. The second-order valence-electron chi connectivity index (χ2n) is 6.72. The number of nitrogens with zero attached hydrogens (tertiary/aromatic N) is 1. The topological polar surface area (TPSA) is 22.1 Å². The van der Waals surface area contributed by atoms with Crippen molar-refractivity contribution < 1.29 is 4.74 Å². The summed E-state index contributed by atoms with van der Waals surface area (Å²) in [6.07, 6.45) is 1.93. The van der Waals surface area contributed by atoms with E-state index in [1.807, 2.05) is 42.6 Å². The maximum absolute atomic E-state index is 6.07. The summed E-state index contributed by atoms with van der Waals surface area (Å²) in [6.45, 7) is 2.09. The molecule has 1 aromatic heterocycles. The maximum Gasteiger partial charge on any atom is 0.118 e. The van der Waals surface area contributed by atoms with Crippen LogP contribution in [0.25, 0.3) is 33.5 Å². The first-order valence-electron chi connectivity index (χ1n) is 9.11. The predicted octanol–water partition coefficient (Wildman–Crippen LogP) is 7.05. The molecule has 0 fully saturated rings. The monoisotopic (exact) mass is 385 g/mol. The molecule has 0 radical (unpaired) electrons. The average Bonchev–Trinajstić information content (AvgIpc) is 2.75. The van der Waals surface area contributed by atoms with Crippen LogP contribution in [0.5, 0.6) is 5.75 Å². The number of ether oxygens (including phenoxy) is 1. The number of hydrogen-bond acceptors (Lipinski definition) is 2. The molecule has 0 saturated carbocycles. The zero-order chi connectivity index (χ0) is 19.5. The highest BCUT2D eigenvalue weighted by Crippen LogP contribution is 2.35. The summed E-state index contributed by atoms with van der Waals surface area (Å²) in [5.41, 5.74) is 7.60. The molecule has 0 aliphatic carbocycles. The van der Waals surface area contributed by atoms with Gasteiger partial charge < -0.3 is 4.74 Å². The molecule has 4 rings (SSSR count). The lowest BCUT2D eigenvalue weighted by molar-refractivity contribution is 0.415. The number of aromatic nitrogens is 1. The molecule has 0 aliphatic heterocycles. The molecule has 0 amide bonds. The zero-order valence-corrected chi connectivity index (χ0v) is 16.6. The van der Waals surface area contributed by atoms with Crippen LogP contribution < -0.4 is 4.74 Å². The fraction of sp³-hybridized carbons (Fsp3) is 0.0800. The van der Waals surface area contributed by atoms with Crippen molar-refractivity contribution >= 4 is 11.6 Å². The van der Waals surface area contributed by atoms with Gasteiger partial charge in [-0.05, 0) is 48.4 Å². The first-order valence-corrected chi connectivity index (χ1v) is 9.49. The summed E-state index contributed by atoms with van der Waals surface area (Å²) in [4.78, 5) is 4.82. The van der Waals surface area contributed by atoms with E-state index in [1.165, 1.54) is 5.56 Å². The minimum atomic E-state index is 0.714. The summed E-state index contributed by atoms with van der Waals surface area (Å²) >= 11 is 6.07. The molecule has 28 heavy (non-hydrogen) atoms. The van der Waals surface area contributed by atoms with E-state index in [0.29, 0.717) is 5.02 Å². The summed E-state index contributed by atoms with van der Waals surface area (Å²) < 4.78 is 5.31. The number of hydrogen-bond donors (Lipinski definition) is 0. The number of halogens is 1. The van der Waals surface area contributed by atoms with Gasteiger partial charge >= 0.3 is 0 Å². The molecule has 0 atom stereocenters. The van der Waals surface area contributed by atoms with Gasteiger partial charge in [0.2, 0.25) is 0 Å². The molecular formula is C25H20ClNO. The van der Waals surface area contributed by atoms with Gasteiger partial charge in [-0.1, -0.05) is 65.7 Å². The number of methoxy groups -OCH3 is 1. The Balaban J connectivity index is 1.87. The van der Waals surface area contributed by atoms with Crippen LogP contribution in [0, 0.1) is 6.92 Å². The van der Waals surface area contributed by atoms with Gasteiger partial charge in [-0.3, -0.25) is 4.98 Å². The highest BCUT2D eigenvalue weighted by molar-refractivity contribution is 6.30. The van der Waals surface area contributed by atoms with E-state index < -0.39 is 0 Å². The smallest absolute Gasteiger partial charge is 0.118 e. The lowest BCUT2D eigenvalue weighted by Gasteiger charge is -2.13. The molecule has 0 spiro atoms. The molecule has 4 aromatic rings. The second-order valence-corrected chi connectivity index (χ2v) is 7.16. The van der Waals surface area contributed by atoms with E-state index in [-0.39, 0.29) is 0 Å². The Morgan fingerprint density at radius 2 is 1.32 bits per heavy atom. The van der Waals surface area contributed by atoms with E-state index >= 15 is 0 Å². The van der Waals surface area contributed by atoms with Gasteiger partial charge in [0.05, 0.1) is 12.8 Å². The molecule has 0 aliphatic rings. The van der Waals surface area contributed by atoms with Gasteiger partial charge in [-0.25, -0.2) is 0 Å². The average molecular weight is 386 g/mol. The van der Waals surface area contributed by atoms with E-state index in [0.717, 1.165) is 39.3 Å². The van der Waals surface area contributed by atoms with Crippen molar-refractivity contribution in [2.75, 3.05) is 7.11 Å². The van der Waals surface area contributed by atoms with Crippen LogP contribution in [0.1, 0.15) is 5.56 Å². The number of rotatable bonds is 4. The quantitative estimate of drug-likeness (QED) is 0.375. The molecule has 0 saturated heterocycles. The third kappa shape index (κ3) is 3.78. The first-order chi connectivity index (χ1) is 13.6. The SMILES string of the molecule is COc1ccc(-c2cc(-c3ccc(C)cc3)cnc2-c2ccc(Cl)cc2)cc1. The lowest BCUT2D eigenvalue weighted by Crippen LogP contribution is -1.92. The summed E-state index contributed by atoms with van der Waals surface area (Å²) in [5.74, 6) is 0.833. The molecule has 138 valence electrons. The van der Waals surface area contributed by atoms with Crippen LogP contribution in [0.2, 0.25) is 5.02 Å². The van der Waals surface area contributed by atoms with Crippen molar-refractivity contribution in [3.63, 3.8) is 0 Å². The van der Waals surface area contributed by atoms with E-state index in [2.05, 4.69) is 49.4 Å². The zero-order valence-electron chi connectivity index (χ0n) is 15.8. The molecule has 0 N–H and O–H groups in total. The standard InChI is InChI=1S/C25H20ClNO/c1-17-3-5-18(6-4-17)21-15-24(19-9-13-23(28-2)14-10-19)25(27-16-21)20-7-11-22(26)12-8-20/h3-16H,1-2H3. The Bertz CT molecular complexity index is 1080. The Kier molecular flexibility index (Phi) is 5.14. The van der Waals surface area contributed by atoms with Gasteiger partial charge in [0.1, 0.15) is 5.75 Å². The molecule has 0 unspecified atom stereocenters. The third-order valence-corrected chi connectivity index (χ3v) is 5.04. The van der Waals surface area contributed by atoms with Crippen molar-refractivity contribution in [1.82, 2.24) is 4.98 Å². The number of benzene rings is 3. The van der Waals surface area contributed by atoms with E-state index in [1.54, 1.807) is 7.11 Å². The molecule has 0 bridgehead atoms. The van der Waals surface area contributed by atoms with Crippen LogP contribution in [-0.2, 0) is 0 Å². The summed E-state index contributed by atoms with van der Waals surface area (Å²) in [7, 11) is 1.67. The van der Waals surface area contributed by atoms with Gasteiger partial charge in [-0.2, -0.15) is 0 Å². The molecule has 3 heteroatoms. The summed E-state index contributed by atoms with van der Waals surface area (Å²) in [6, 6.07) is 26.6. The Labute approximate surface area is 170 Å². The van der Waals surface area contributed by atoms with E-state index in [9.17, 15) is 0 Å². The van der Waals surface area contributed by atoms with Crippen molar-refractivity contribution in [3.8, 4) is 39.3 Å². The fourth-order valence-corrected chi connectivity index (χ4v) is 3.32. The van der Waals surface area contributed by atoms with Crippen LogP contribution in [0.15, 0.2) is 85.1 Å². The third-order valence-electron chi connectivity index (χ3n) is 4.79.